The number of carbonyl (C=O) groups is 1. The molecule has 96 valence electrons. The van der Waals surface area contributed by atoms with Crippen LogP contribution in [-0.2, 0) is 0 Å². The molecule has 2 heterocycles. The number of amides is 2. The van der Waals surface area contributed by atoms with Gasteiger partial charge in [0.15, 0.2) is 11.5 Å². The Kier molecular flexibility index (Phi) is 2.60. The first-order chi connectivity index (χ1) is 9.17. The zero-order chi connectivity index (χ0) is 13.4. The standard InChI is InChI=1S/C13H12N4O2/c1-8-15-10-6-9(2-3-12(10)19-8)11-7-17(5-4-14)13(18)16-11/h2-3,6,11H,5,7H2,1H3,(H,16,18). The number of nitrogens with zero attached hydrogens (tertiary/aromatic N) is 3. The number of urea groups is 1. The topological polar surface area (TPSA) is 82.2 Å². The van der Waals surface area contributed by atoms with Gasteiger partial charge in [-0.05, 0) is 17.7 Å². The molecule has 19 heavy (non-hydrogen) atoms. The van der Waals surface area contributed by atoms with Gasteiger partial charge in [0.2, 0.25) is 0 Å². The van der Waals surface area contributed by atoms with Gasteiger partial charge < -0.3 is 14.6 Å². The Bertz CT molecular complexity index is 685. The maximum absolute atomic E-state index is 11.6. The molecule has 1 atom stereocenters. The second-order valence-corrected chi connectivity index (χ2v) is 4.50. The Morgan fingerprint density at radius 3 is 3.26 bits per heavy atom. The number of carbonyl (C=O) groups excluding carboxylic acids is 1. The van der Waals surface area contributed by atoms with Gasteiger partial charge in [0.25, 0.3) is 0 Å². The van der Waals surface area contributed by atoms with E-state index in [-0.39, 0.29) is 18.6 Å². The Morgan fingerprint density at radius 2 is 2.47 bits per heavy atom. The molecule has 1 aromatic carbocycles. The first kappa shape index (κ1) is 11.5. The van der Waals surface area contributed by atoms with Crippen molar-refractivity contribution >= 4 is 17.1 Å². The largest absolute Gasteiger partial charge is 0.441 e. The molecule has 1 fully saturated rings. The lowest BCUT2D eigenvalue weighted by molar-refractivity contribution is 0.222. The highest BCUT2D eigenvalue weighted by Crippen LogP contribution is 2.24. The van der Waals surface area contributed by atoms with E-state index < -0.39 is 0 Å². The maximum atomic E-state index is 11.6. The average molecular weight is 256 g/mol. The van der Waals surface area contributed by atoms with Crippen LogP contribution in [0.2, 0.25) is 0 Å². The molecule has 1 saturated heterocycles. The Hall–Kier alpha value is -2.55. The summed E-state index contributed by atoms with van der Waals surface area (Å²) in [6.07, 6.45) is 0. The molecule has 6 nitrogen and oxygen atoms in total. The molecule has 0 radical (unpaired) electrons. The van der Waals surface area contributed by atoms with Crippen molar-refractivity contribution in [3.63, 3.8) is 0 Å². The summed E-state index contributed by atoms with van der Waals surface area (Å²) < 4.78 is 5.41. The van der Waals surface area contributed by atoms with Gasteiger partial charge in [0.1, 0.15) is 12.1 Å². The molecule has 1 aliphatic heterocycles. The third-order valence-electron chi connectivity index (χ3n) is 3.17. The number of hydrogen-bond donors (Lipinski definition) is 1. The normalized spacial score (nSPS) is 18.6. The minimum absolute atomic E-state index is 0.105. The van der Waals surface area contributed by atoms with E-state index in [2.05, 4.69) is 10.3 Å². The van der Waals surface area contributed by atoms with Gasteiger partial charge in [0.05, 0.1) is 12.1 Å². The number of nitrogens with one attached hydrogen (secondary N) is 1. The van der Waals surface area contributed by atoms with Crippen molar-refractivity contribution < 1.29 is 9.21 Å². The van der Waals surface area contributed by atoms with E-state index in [1.165, 1.54) is 4.90 Å². The van der Waals surface area contributed by atoms with Gasteiger partial charge >= 0.3 is 6.03 Å². The molecule has 1 N–H and O–H groups in total. The number of aryl methyl sites for hydroxylation is 1. The predicted molar refractivity (Wildman–Crippen MR) is 67.2 cm³/mol. The van der Waals surface area contributed by atoms with Crippen molar-refractivity contribution in [2.75, 3.05) is 13.1 Å². The van der Waals surface area contributed by atoms with Crippen molar-refractivity contribution in [3.05, 3.63) is 29.7 Å². The first-order valence-electron chi connectivity index (χ1n) is 5.97. The zero-order valence-electron chi connectivity index (χ0n) is 10.4. The highest BCUT2D eigenvalue weighted by atomic mass is 16.3. The maximum Gasteiger partial charge on any atom is 0.318 e. The van der Waals surface area contributed by atoms with Crippen LogP contribution in [0.4, 0.5) is 4.79 Å². The third kappa shape index (κ3) is 1.99. The molecular formula is C13H12N4O2. The molecule has 1 unspecified atom stereocenters. The monoisotopic (exact) mass is 256 g/mol. The van der Waals surface area contributed by atoms with Crippen molar-refractivity contribution in [1.82, 2.24) is 15.2 Å². The minimum Gasteiger partial charge on any atom is -0.441 e. The fraction of sp³-hybridized carbons (Fsp3) is 0.308. The van der Waals surface area contributed by atoms with Crippen molar-refractivity contribution in [2.24, 2.45) is 0 Å². The Balaban J connectivity index is 1.89. The van der Waals surface area contributed by atoms with Gasteiger partial charge in [-0.25, -0.2) is 9.78 Å². The van der Waals surface area contributed by atoms with Crippen molar-refractivity contribution in [3.8, 4) is 6.07 Å². The summed E-state index contributed by atoms with van der Waals surface area (Å²) in [5, 5.41) is 11.5. The van der Waals surface area contributed by atoms with E-state index in [4.69, 9.17) is 9.68 Å². The Labute approximate surface area is 109 Å². The van der Waals surface area contributed by atoms with Gasteiger partial charge in [-0.1, -0.05) is 6.07 Å². The highest BCUT2D eigenvalue weighted by Gasteiger charge is 2.29. The van der Waals surface area contributed by atoms with Gasteiger partial charge in [-0.3, -0.25) is 0 Å². The van der Waals surface area contributed by atoms with Crippen LogP contribution >= 0.6 is 0 Å². The molecule has 0 saturated carbocycles. The quantitative estimate of drug-likeness (QED) is 0.829. The smallest absolute Gasteiger partial charge is 0.318 e. The molecule has 0 spiro atoms. The highest BCUT2D eigenvalue weighted by molar-refractivity contribution is 5.78. The summed E-state index contributed by atoms with van der Waals surface area (Å²) in [7, 11) is 0. The van der Waals surface area contributed by atoms with Crippen LogP contribution in [0.15, 0.2) is 22.6 Å². The number of hydrogen-bond acceptors (Lipinski definition) is 4. The number of benzene rings is 1. The number of oxazole rings is 1. The first-order valence-corrected chi connectivity index (χ1v) is 5.97. The summed E-state index contributed by atoms with van der Waals surface area (Å²) >= 11 is 0. The van der Waals surface area contributed by atoms with Crippen LogP contribution in [-0.4, -0.2) is 29.0 Å². The van der Waals surface area contributed by atoms with Crippen LogP contribution in [0.5, 0.6) is 0 Å². The molecule has 1 aromatic heterocycles. The van der Waals surface area contributed by atoms with E-state index in [0.29, 0.717) is 12.4 Å². The number of rotatable bonds is 2. The third-order valence-corrected chi connectivity index (χ3v) is 3.17. The van der Waals surface area contributed by atoms with Crippen LogP contribution in [0.3, 0.4) is 0 Å². The second kappa shape index (κ2) is 4.28. The van der Waals surface area contributed by atoms with Crippen LogP contribution in [0.1, 0.15) is 17.5 Å². The summed E-state index contributed by atoms with van der Waals surface area (Å²) in [4.78, 5) is 17.4. The number of fused-ring (bicyclic) bond motifs is 1. The van der Waals surface area contributed by atoms with Gasteiger partial charge in [0, 0.05) is 13.5 Å². The Morgan fingerprint density at radius 1 is 1.63 bits per heavy atom. The molecule has 6 heteroatoms. The van der Waals surface area contributed by atoms with Gasteiger partial charge in [-0.2, -0.15) is 5.26 Å². The van der Waals surface area contributed by atoms with E-state index in [0.717, 1.165) is 16.7 Å². The predicted octanol–water partition coefficient (Wildman–Crippen LogP) is 1.73. The van der Waals surface area contributed by atoms with E-state index >= 15 is 0 Å². The lowest BCUT2D eigenvalue weighted by atomic mass is 10.1. The van der Waals surface area contributed by atoms with Crippen molar-refractivity contribution in [2.45, 2.75) is 13.0 Å². The summed E-state index contributed by atoms with van der Waals surface area (Å²) in [5.74, 6) is 0.619. The molecule has 2 aromatic rings. The van der Waals surface area contributed by atoms with Gasteiger partial charge in [-0.15, -0.1) is 0 Å². The molecule has 0 bridgehead atoms. The lowest BCUT2D eigenvalue weighted by Crippen LogP contribution is -2.28. The van der Waals surface area contributed by atoms with Crippen molar-refractivity contribution in [1.29, 1.82) is 5.26 Å². The molecular weight excluding hydrogens is 244 g/mol. The lowest BCUT2D eigenvalue weighted by Gasteiger charge is -2.10. The summed E-state index contributed by atoms with van der Waals surface area (Å²) in [6.45, 7) is 2.40. The van der Waals surface area contributed by atoms with E-state index in [1.54, 1.807) is 6.92 Å². The van der Waals surface area contributed by atoms with E-state index in [1.807, 2.05) is 24.3 Å². The fourth-order valence-corrected chi connectivity index (χ4v) is 2.28. The molecule has 3 rings (SSSR count). The second-order valence-electron chi connectivity index (χ2n) is 4.50. The zero-order valence-corrected chi connectivity index (χ0v) is 10.4. The SMILES string of the molecule is Cc1nc2cc(C3CN(CC#N)C(=O)N3)ccc2o1. The van der Waals surface area contributed by atoms with E-state index in [9.17, 15) is 4.79 Å². The summed E-state index contributed by atoms with van der Waals surface area (Å²) in [5.41, 5.74) is 2.48. The average Bonchev–Trinajstić information content (AvgIpc) is 2.91. The molecule has 2 amide bonds. The number of nitriles is 1. The summed E-state index contributed by atoms with van der Waals surface area (Å²) in [6, 6.07) is 7.34. The number of aromatic nitrogens is 1. The fourth-order valence-electron chi connectivity index (χ4n) is 2.28. The molecule has 1 aliphatic rings. The van der Waals surface area contributed by atoms with Crippen LogP contribution < -0.4 is 5.32 Å². The minimum atomic E-state index is -0.206. The van der Waals surface area contributed by atoms with Crippen LogP contribution in [0, 0.1) is 18.3 Å². The molecule has 0 aliphatic carbocycles. The van der Waals surface area contributed by atoms with Crippen LogP contribution in [0.25, 0.3) is 11.1 Å².